The van der Waals surface area contributed by atoms with Gasteiger partial charge in [0.1, 0.15) is 0 Å². The number of nitrogens with one attached hydrogen (secondary N) is 2. The van der Waals surface area contributed by atoms with E-state index in [-0.39, 0.29) is 6.10 Å². The molecular formula is C14H30N2O2. The lowest BCUT2D eigenvalue weighted by molar-refractivity contribution is 0.0291. The van der Waals surface area contributed by atoms with Gasteiger partial charge < -0.3 is 20.1 Å². The second-order valence-electron chi connectivity index (χ2n) is 5.16. The van der Waals surface area contributed by atoms with E-state index in [1.54, 1.807) is 14.2 Å². The van der Waals surface area contributed by atoms with E-state index < -0.39 is 0 Å². The van der Waals surface area contributed by atoms with E-state index >= 15 is 0 Å². The highest BCUT2D eigenvalue weighted by molar-refractivity contribution is 4.71. The van der Waals surface area contributed by atoms with Crippen LogP contribution in [0.15, 0.2) is 0 Å². The third-order valence-corrected chi connectivity index (χ3v) is 3.65. The summed E-state index contributed by atoms with van der Waals surface area (Å²) in [4.78, 5) is 0. The molecule has 1 fully saturated rings. The number of rotatable bonds is 9. The summed E-state index contributed by atoms with van der Waals surface area (Å²) in [5, 5.41) is 7.06. The van der Waals surface area contributed by atoms with Gasteiger partial charge in [0.15, 0.2) is 0 Å². The third kappa shape index (κ3) is 7.31. The number of ether oxygens (including phenoxy) is 2. The average molecular weight is 258 g/mol. The lowest BCUT2D eigenvalue weighted by Crippen LogP contribution is -2.38. The van der Waals surface area contributed by atoms with Crippen LogP contribution in [0.4, 0.5) is 0 Å². The minimum absolute atomic E-state index is 0.160. The van der Waals surface area contributed by atoms with Gasteiger partial charge in [0.2, 0.25) is 0 Å². The third-order valence-electron chi connectivity index (χ3n) is 3.65. The minimum atomic E-state index is 0.160. The number of hydrogen-bond acceptors (Lipinski definition) is 4. The Labute approximate surface area is 112 Å². The predicted octanol–water partition coefficient (Wildman–Crippen LogP) is 1.55. The van der Waals surface area contributed by atoms with Crippen molar-refractivity contribution < 1.29 is 9.47 Å². The van der Waals surface area contributed by atoms with Gasteiger partial charge in [0.05, 0.1) is 12.7 Å². The monoisotopic (exact) mass is 258 g/mol. The quantitative estimate of drug-likeness (QED) is 0.486. The minimum Gasteiger partial charge on any atom is -0.382 e. The first-order valence-corrected chi connectivity index (χ1v) is 7.32. The van der Waals surface area contributed by atoms with Crippen LogP contribution in [-0.4, -0.2) is 52.6 Å². The molecule has 1 rings (SSSR count). The van der Waals surface area contributed by atoms with Crippen molar-refractivity contribution in [2.75, 3.05) is 40.5 Å². The Bertz CT molecular complexity index is 183. The maximum absolute atomic E-state index is 5.30. The van der Waals surface area contributed by atoms with Gasteiger partial charge in [-0.05, 0) is 12.8 Å². The molecule has 0 bridgehead atoms. The molecule has 4 heteroatoms. The van der Waals surface area contributed by atoms with Crippen molar-refractivity contribution in [2.24, 2.45) is 0 Å². The molecule has 0 aromatic heterocycles. The zero-order chi connectivity index (χ0) is 13.1. The topological polar surface area (TPSA) is 42.5 Å². The van der Waals surface area contributed by atoms with E-state index in [9.17, 15) is 0 Å². The standard InChI is InChI=1S/C14H30N2O2/c1-17-12-14(18-2)11-15-9-10-16-13-7-5-3-4-6-8-13/h13-16H,3-12H2,1-2H3. The van der Waals surface area contributed by atoms with E-state index in [0.717, 1.165) is 25.7 Å². The van der Waals surface area contributed by atoms with Crippen LogP contribution >= 0.6 is 0 Å². The first-order valence-electron chi connectivity index (χ1n) is 7.32. The highest BCUT2D eigenvalue weighted by Crippen LogP contribution is 2.16. The molecular weight excluding hydrogens is 228 g/mol. The summed E-state index contributed by atoms with van der Waals surface area (Å²) in [6, 6.07) is 0.742. The van der Waals surface area contributed by atoms with Crippen molar-refractivity contribution >= 4 is 0 Å². The molecule has 0 aliphatic heterocycles. The predicted molar refractivity (Wildman–Crippen MR) is 75.0 cm³/mol. The molecule has 0 aromatic rings. The Balaban J connectivity index is 1.96. The van der Waals surface area contributed by atoms with Crippen LogP contribution in [-0.2, 0) is 9.47 Å². The van der Waals surface area contributed by atoms with E-state index in [1.165, 1.54) is 38.5 Å². The van der Waals surface area contributed by atoms with E-state index in [4.69, 9.17) is 9.47 Å². The highest BCUT2D eigenvalue weighted by Gasteiger charge is 2.11. The van der Waals surface area contributed by atoms with Gasteiger partial charge >= 0.3 is 0 Å². The molecule has 1 saturated carbocycles. The van der Waals surface area contributed by atoms with E-state index in [0.29, 0.717) is 6.61 Å². The average Bonchev–Trinajstić information content (AvgIpc) is 2.65. The zero-order valence-corrected chi connectivity index (χ0v) is 12.0. The summed E-state index contributed by atoms with van der Waals surface area (Å²) in [6.07, 6.45) is 8.49. The highest BCUT2D eigenvalue weighted by atomic mass is 16.5. The summed E-state index contributed by atoms with van der Waals surface area (Å²) in [5.74, 6) is 0. The van der Waals surface area contributed by atoms with Gasteiger partial charge in [-0.3, -0.25) is 0 Å². The molecule has 1 unspecified atom stereocenters. The largest absolute Gasteiger partial charge is 0.382 e. The van der Waals surface area contributed by atoms with Crippen molar-refractivity contribution in [3.05, 3.63) is 0 Å². The fourth-order valence-electron chi connectivity index (χ4n) is 2.51. The zero-order valence-electron chi connectivity index (χ0n) is 12.0. The van der Waals surface area contributed by atoms with Crippen LogP contribution in [0.5, 0.6) is 0 Å². The summed E-state index contributed by atoms with van der Waals surface area (Å²) in [6.45, 7) is 3.56. The maximum atomic E-state index is 5.30. The second-order valence-corrected chi connectivity index (χ2v) is 5.16. The van der Waals surface area contributed by atoms with Crippen LogP contribution in [0, 0.1) is 0 Å². The molecule has 1 aliphatic carbocycles. The molecule has 0 heterocycles. The summed E-state index contributed by atoms with van der Waals surface area (Å²) >= 11 is 0. The smallest absolute Gasteiger partial charge is 0.0928 e. The molecule has 0 aromatic carbocycles. The summed E-state index contributed by atoms with van der Waals surface area (Å²) < 4.78 is 10.4. The molecule has 0 amide bonds. The second kappa shape index (κ2) is 10.7. The Kier molecular flexibility index (Phi) is 9.48. The summed E-state index contributed by atoms with van der Waals surface area (Å²) in [7, 11) is 3.44. The van der Waals surface area contributed by atoms with Crippen molar-refractivity contribution in [1.82, 2.24) is 10.6 Å². The van der Waals surface area contributed by atoms with Gasteiger partial charge in [0.25, 0.3) is 0 Å². The molecule has 18 heavy (non-hydrogen) atoms. The van der Waals surface area contributed by atoms with Gasteiger partial charge in [0, 0.05) is 39.9 Å². The lowest BCUT2D eigenvalue weighted by atomic mass is 10.1. The van der Waals surface area contributed by atoms with Crippen LogP contribution in [0.2, 0.25) is 0 Å². The van der Waals surface area contributed by atoms with E-state index in [1.807, 2.05) is 0 Å². The van der Waals surface area contributed by atoms with Gasteiger partial charge in [-0.1, -0.05) is 25.7 Å². The van der Waals surface area contributed by atoms with Crippen LogP contribution < -0.4 is 10.6 Å². The molecule has 1 atom stereocenters. The van der Waals surface area contributed by atoms with Crippen molar-refractivity contribution in [3.8, 4) is 0 Å². The van der Waals surface area contributed by atoms with Crippen molar-refractivity contribution in [1.29, 1.82) is 0 Å². The first kappa shape index (κ1) is 15.9. The fraction of sp³-hybridized carbons (Fsp3) is 1.00. The van der Waals surface area contributed by atoms with Crippen LogP contribution in [0.25, 0.3) is 0 Å². The van der Waals surface area contributed by atoms with Crippen LogP contribution in [0.3, 0.4) is 0 Å². The normalized spacial score (nSPS) is 19.7. The van der Waals surface area contributed by atoms with Gasteiger partial charge in [-0.15, -0.1) is 0 Å². The molecule has 0 saturated heterocycles. The number of hydrogen-bond donors (Lipinski definition) is 2. The summed E-state index contributed by atoms with van der Waals surface area (Å²) in [5.41, 5.74) is 0. The Morgan fingerprint density at radius 1 is 1.06 bits per heavy atom. The Morgan fingerprint density at radius 2 is 1.78 bits per heavy atom. The fourth-order valence-corrected chi connectivity index (χ4v) is 2.51. The van der Waals surface area contributed by atoms with Crippen LogP contribution in [0.1, 0.15) is 38.5 Å². The SMILES string of the molecule is COCC(CNCCNC1CCCCCC1)OC. The molecule has 4 nitrogen and oxygen atoms in total. The van der Waals surface area contributed by atoms with Crippen molar-refractivity contribution in [3.63, 3.8) is 0 Å². The first-order chi connectivity index (χ1) is 8.86. The molecule has 0 radical (unpaired) electrons. The maximum Gasteiger partial charge on any atom is 0.0928 e. The van der Waals surface area contributed by atoms with E-state index in [2.05, 4.69) is 10.6 Å². The van der Waals surface area contributed by atoms with Gasteiger partial charge in [-0.25, -0.2) is 0 Å². The molecule has 108 valence electrons. The molecule has 0 spiro atoms. The molecule has 1 aliphatic rings. The van der Waals surface area contributed by atoms with Gasteiger partial charge in [-0.2, -0.15) is 0 Å². The Hall–Kier alpha value is -0.160. The lowest BCUT2D eigenvalue weighted by Gasteiger charge is -2.18. The molecule has 2 N–H and O–H groups in total. The number of methoxy groups -OCH3 is 2. The Morgan fingerprint density at radius 3 is 2.39 bits per heavy atom. The van der Waals surface area contributed by atoms with Crippen molar-refractivity contribution in [2.45, 2.75) is 50.7 Å².